The van der Waals surface area contributed by atoms with Crippen LogP contribution in [0.2, 0.25) is 5.02 Å². The van der Waals surface area contributed by atoms with Crippen molar-refractivity contribution in [1.29, 1.82) is 0 Å². The van der Waals surface area contributed by atoms with Crippen molar-refractivity contribution < 1.29 is 53.1 Å². The van der Waals surface area contributed by atoms with E-state index in [-0.39, 0.29) is 16.3 Å². The summed E-state index contributed by atoms with van der Waals surface area (Å²) in [7, 11) is -10.5. The molecule has 2 unspecified atom stereocenters. The van der Waals surface area contributed by atoms with Crippen molar-refractivity contribution in [3.05, 3.63) is 58.6 Å². The summed E-state index contributed by atoms with van der Waals surface area (Å²) in [5.41, 5.74) is -8.62. The van der Waals surface area contributed by atoms with Crippen LogP contribution >= 0.6 is 11.6 Å². The molecule has 8 nitrogen and oxygen atoms in total. The molecule has 1 heterocycles. The number of carbonyl (C=O) groups excluding carboxylic acids is 1. The first kappa shape index (κ1) is 28.7. The molecule has 2 aromatic carbocycles. The number of alkyl halides is 3. The second-order valence-corrected chi connectivity index (χ2v) is 13.1. The Labute approximate surface area is 219 Å². The minimum absolute atomic E-state index is 0.171. The van der Waals surface area contributed by atoms with Gasteiger partial charge in [-0.3, -0.25) is 4.79 Å². The molecule has 4 rings (SSSR count). The van der Waals surface area contributed by atoms with Crippen LogP contribution in [0.3, 0.4) is 0 Å². The van der Waals surface area contributed by atoms with E-state index >= 15 is 4.39 Å². The first-order valence-electron chi connectivity index (χ1n) is 10.9. The zero-order chi connectivity index (χ0) is 28.1. The van der Waals surface area contributed by atoms with Gasteiger partial charge in [0.25, 0.3) is 0 Å². The van der Waals surface area contributed by atoms with Crippen LogP contribution < -0.4 is 9.46 Å². The minimum atomic E-state index is -5.76. The lowest BCUT2D eigenvalue weighted by Crippen LogP contribution is -2.66. The Morgan fingerprint density at radius 1 is 1.03 bits per heavy atom. The maximum Gasteiger partial charge on any atom is 0.511 e. The molecular weight excluding hydrogens is 585 g/mol. The monoisotopic (exact) mass is 603 g/mol. The summed E-state index contributed by atoms with van der Waals surface area (Å²) in [5, 5.41) is 0.171. The standard InChI is InChI=1S/C22H19ClF5NO7S2/c23-13-1-3-15(4-2-13)37(31,32)21-8-7-14(30)11-20(21,36-10-9-29-38(33,34)22(26,27)28)12-35-19-17(25)6-5-16(24)18(19)21/h1-6,29H,7-12H2. The number of ketones is 1. The second-order valence-electron chi connectivity index (χ2n) is 8.71. The van der Waals surface area contributed by atoms with E-state index in [1.165, 1.54) is 16.9 Å². The summed E-state index contributed by atoms with van der Waals surface area (Å²) in [5.74, 6) is -3.52. The van der Waals surface area contributed by atoms with Crippen LogP contribution in [0.25, 0.3) is 0 Å². The first-order chi connectivity index (χ1) is 17.6. The number of hydrogen-bond acceptors (Lipinski definition) is 7. The van der Waals surface area contributed by atoms with Crippen molar-refractivity contribution in [2.24, 2.45) is 0 Å². The smallest absolute Gasteiger partial charge is 0.487 e. The number of hydrogen-bond donors (Lipinski definition) is 1. The third-order valence-corrected chi connectivity index (χ3v) is 10.6. The van der Waals surface area contributed by atoms with Gasteiger partial charge in [0.05, 0.1) is 17.1 Å². The van der Waals surface area contributed by atoms with Crippen LogP contribution in [0.15, 0.2) is 41.3 Å². The van der Waals surface area contributed by atoms with Crippen LogP contribution in [0.4, 0.5) is 22.0 Å². The van der Waals surface area contributed by atoms with Gasteiger partial charge in [0.1, 0.15) is 28.6 Å². The lowest BCUT2D eigenvalue weighted by Gasteiger charge is -2.54. The number of benzene rings is 2. The highest BCUT2D eigenvalue weighted by Gasteiger charge is 2.69. The fourth-order valence-corrected chi connectivity index (χ4v) is 7.94. The van der Waals surface area contributed by atoms with Crippen molar-refractivity contribution in [3.8, 4) is 5.75 Å². The molecule has 2 aliphatic rings. The summed E-state index contributed by atoms with van der Waals surface area (Å²) in [4.78, 5) is 12.2. The maximum absolute atomic E-state index is 15.4. The number of sulfonamides is 1. The molecule has 1 N–H and O–H groups in total. The molecule has 0 bridgehead atoms. The molecule has 1 fully saturated rings. The van der Waals surface area contributed by atoms with Gasteiger partial charge in [0.15, 0.2) is 21.4 Å². The SMILES string of the molecule is O=C1CCC2(S(=O)(=O)c3ccc(Cl)cc3)c3c(F)ccc(F)c3OCC2(OCCNS(=O)(=O)C(F)(F)F)C1. The summed E-state index contributed by atoms with van der Waals surface area (Å²) in [6.07, 6.45) is -1.66. The molecule has 2 atom stereocenters. The largest absolute Gasteiger partial charge is 0.511 e. The second kappa shape index (κ2) is 9.70. The Balaban J connectivity index is 1.88. The van der Waals surface area contributed by atoms with Crippen molar-refractivity contribution in [2.45, 2.75) is 40.0 Å². The van der Waals surface area contributed by atoms with Gasteiger partial charge in [0.2, 0.25) is 0 Å². The maximum atomic E-state index is 15.4. The number of Topliss-reactive ketones (excluding diaryl/α,β-unsaturated/α-hetero) is 1. The number of halogens is 6. The predicted octanol–water partition coefficient (Wildman–Crippen LogP) is 3.63. The summed E-state index contributed by atoms with van der Waals surface area (Å²) in [6.45, 7) is -2.64. The van der Waals surface area contributed by atoms with Gasteiger partial charge in [-0.05, 0) is 42.8 Å². The van der Waals surface area contributed by atoms with Crippen molar-refractivity contribution in [2.75, 3.05) is 19.8 Å². The molecule has 208 valence electrons. The van der Waals surface area contributed by atoms with Crippen molar-refractivity contribution in [3.63, 3.8) is 0 Å². The van der Waals surface area contributed by atoms with E-state index in [1.807, 2.05) is 0 Å². The fraction of sp³-hybridized carbons (Fsp3) is 0.409. The molecule has 0 amide bonds. The Hall–Kier alpha value is -2.33. The molecule has 0 spiro atoms. The summed E-state index contributed by atoms with van der Waals surface area (Å²) >= 11 is 5.88. The zero-order valence-electron chi connectivity index (χ0n) is 19.1. The Morgan fingerprint density at radius 2 is 1.66 bits per heavy atom. The first-order valence-corrected chi connectivity index (χ1v) is 14.3. The molecule has 1 aliphatic carbocycles. The van der Waals surface area contributed by atoms with Gasteiger partial charge in [-0.25, -0.2) is 30.3 Å². The minimum Gasteiger partial charge on any atom is -0.487 e. The molecule has 1 saturated carbocycles. The predicted molar refractivity (Wildman–Crippen MR) is 123 cm³/mol. The lowest BCUT2D eigenvalue weighted by molar-refractivity contribution is -0.152. The van der Waals surface area contributed by atoms with E-state index in [4.69, 9.17) is 21.1 Å². The van der Waals surface area contributed by atoms with Crippen LogP contribution in [0.5, 0.6) is 5.75 Å². The highest BCUT2D eigenvalue weighted by atomic mass is 35.5. The number of carbonyl (C=O) groups is 1. The van der Waals surface area contributed by atoms with Gasteiger partial charge in [0, 0.05) is 24.4 Å². The quantitative estimate of drug-likeness (QED) is 0.380. The Bertz CT molecular complexity index is 1480. The third kappa shape index (κ3) is 4.47. The number of sulfone groups is 1. The highest BCUT2D eigenvalue weighted by molar-refractivity contribution is 7.92. The number of ether oxygens (including phenoxy) is 2. The summed E-state index contributed by atoms with van der Waals surface area (Å²) < 4.78 is 129. The number of rotatable bonds is 7. The molecule has 38 heavy (non-hydrogen) atoms. The lowest BCUT2D eigenvalue weighted by atomic mass is 9.69. The van der Waals surface area contributed by atoms with Gasteiger partial charge in [-0.2, -0.15) is 13.2 Å². The molecule has 2 aromatic rings. The average Bonchev–Trinajstić information content (AvgIpc) is 2.83. The van der Waals surface area contributed by atoms with Gasteiger partial charge >= 0.3 is 15.5 Å². The Kier molecular flexibility index (Phi) is 7.32. The molecular formula is C22H19ClF5NO7S2. The normalized spacial score (nSPS) is 23.9. The molecule has 0 aromatic heterocycles. The van der Waals surface area contributed by atoms with Crippen LogP contribution in [-0.2, 0) is 34.1 Å². The van der Waals surface area contributed by atoms with Crippen LogP contribution in [0.1, 0.15) is 24.8 Å². The molecule has 1 aliphatic heterocycles. The van der Waals surface area contributed by atoms with E-state index in [0.29, 0.717) is 6.07 Å². The number of fused-ring (bicyclic) bond motifs is 3. The van der Waals surface area contributed by atoms with E-state index < -0.39 is 97.0 Å². The van der Waals surface area contributed by atoms with Crippen LogP contribution in [0, 0.1) is 11.6 Å². The third-order valence-electron chi connectivity index (χ3n) is 6.55. The van der Waals surface area contributed by atoms with Crippen LogP contribution in [-0.4, -0.2) is 53.5 Å². The van der Waals surface area contributed by atoms with Crippen molar-refractivity contribution in [1.82, 2.24) is 4.72 Å². The average molecular weight is 604 g/mol. The zero-order valence-corrected chi connectivity index (χ0v) is 21.5. The number of nitrogens with one attached hydrogen (secondary N) is 1. The Morgan fingerprint density at radius 3 is 2.29 bits per heavy atom. The van der Waals surface area contributed by atoms with Gasteiger partial charge in [-0.15, -0.1) is 0 Å². The van der Waals surface area contributed by atoms with Gasteiger partial charge < -0.3 is 9.47 Å². The summed E-state index contributed by atoms with van der Waals surface area (Å²) in [6, 6.07) is 6.14. The fourth-order valence-electron chi connectivity index (χ4n) is 4.89. The van der Waals surface area contributed by atoms with Gasteiger partial charge in [-0.1, -0.05) is 11.6 Å². The van der Waals surface area contributed by atoms with E-state index in [9.17, 15) is 39.2 Å². The molecule has 0 radical (unpaired) electrons. The van der Waals surface area contributed by atoms with E-state index in [0.717, 1.165) is 18.2 Å². The van der Waals surface area contributed by atoms with E-state index in [1.54, 1.807) is 0 Å². The van der Waals surface area contributed by atoms with E-state index in [2.05, 4.69) is 0 Å². The van der Waals surface area contributed by atoms with Crippen molar-refractivity contribution >= 4 is 37.2 Å². The molecule has 16 heteroatoms. The highest BCUT2D eigenvalue weighted by Crippen LogP contribution is 2.59. The molecule has 0 saturated heterocycles. The topological polar surface area (TPSA) is 116 Å².